The first-order valence-electron chi connectivity index (χ1n) is 23.4. The van der Waals surface area contributed by atoms with Crippen LogP contribution in [0.3, 0.4) is 0 Å². The Morgan fingerprint density at radius 2 is 0.929 bits per heavy atom. The summed E-state index contributed by atoms with van der Waals surface area (Å²) in [5, 5.41) is 22.7. The minimum Gasteiger partial charge on any atom is -0.423 e. The number of hydrogen-bond acceptors (Lipinski definition) is 10. The molecule has 0 saturated carbocycles. The van der Waals surface area contributed by atoms with E-state index >= 15 is 0 Å². The van der Waals surface area contributed by atoms with Crippen LogP contribution < -0.4 is 16.9 Å². The van der Waals surface area contributed by atoms with Crippen LogP contribution in [-0.2, 0) is 59.7 Å². The lowest BCUT2D eigenvalue weighted by Crippen LogP contribution is -2.43. The standard InChI is InChI=1S/C27H25Cl2N3O.C21H22BrN3O.C6H5BCl2O2/c1-32-25(30)31-27(33-32)24-14-19(21-12-22(28)15-23(29)13-21)6-7-20(24)16-26(27)10-8-17-4-2-3-5-18(17)9-11-26;1-25-19(23)24-21(26-25)18-12-17(22)7-6-16(18)13-20(21)10-8-14-4-2-3-5-15(14)9-11-20;8-5-1-4(7(10)11)2-6(9)3-5/h2-7,12-15H,8-11,16H2,1H3,(H2,30,31);2-7,12H,8-11,13H2,1H3,(H2,23,24);1-3,10-11H. The fourth-order valence-electron chi connectivity index (χ4n) is 11.7. The first-order valence-corrected chi connectivity index (χ1v) is 25.7. The molecule has 12 rings (SSSR count). The van der Waals surface area contributed by atoms with E-state index in [1.165, 1.54) is 51.6 Å². The zero-order valence-electron chi connectivity index (χ0n) is 38.7. The number of aryl methyl sites for hydroxylation is 4. The van der Waals surface area contributed by atoms with Gasteiger partial charge in [-0.2, -0.15) is 0 Å². The number of benzene rings is 6. The van der Waals surface area contributed by atoms with Gasteiger partial charge in [-0.3, -0.25) is 0 Å². The van der Waals surface area contributed by atoms with E-state index in [0.29, 0.717) is 37.5 Å². The Kier molecular flexibility index (Phi) is 13.4. The molecule has 360 valence electrons. The van der Waals surface area contributed by atoms with Crippen LogP contribution >= 0.6 is 62.3 Å². The van der Waals surface area contributed by atoms with Gasteiger partial charge in [-0.15, -0.1) is 0 Å². The lowest BCUT2D eigenvalue weighted by atomic mass is 9.71. The Morgan fingerprint density at radius 3 is 1.33 bits per heavy atom. The van der Waals surface area contributed by atoms with Crippen molar-refractivity contribution in [3.05, 3.63) is 190 Å². The third-order valence-corrected chi connectivity index (χ3v) is 16.6. The number of hydroxylamine groups is 4. The summed E-state index contributed by atoms with van der Waals surface area (Å²) >= 11 is 27.4. The van der Waals surface area contributed by atoms with Gasteiger partial charge in [-0.05, 0) is 169 Å². The fraction of sp³-hybridized carbons (Fsp3) is 0.296. The maximum absolute atomic E-state index is 8.71. The van der Waals surface area contributed by atoms with Crippen LogP contribution in [0, 0.1) is 10.8 Å². The summed E-state index contributed by atoms with van der Waals surface area (Å²) in [6, 6.07) is 40.7. The molecule has 2 atom stereocenters. The van der Waals surface area contributed by atoms with E-state index in [-0.39, 0.29) is 10.8 Å². The molecule has 6 aliphatic rings. The lowest BCUT2D eigenvalue weighted by molar-refractivity contribution is -0.224. The summed E-state index contributed by atoms with van der Waals surface area (Å²) in [5.41, 5.74) is 23.6. The molecule has 70 heavy (non-hydrogen) atoms. The van der Waals surface area contributed by atoms with Gasteiger partial charge in [0.15, 0.2) is 0 Å². The number of hydrogen-bond donors (Lipinski definition) is 4. The molecule has 16 heteroatoms. The molecular formula is C54H52BBrCl4N6O4. The Labute approximate surface area is 437 Å². The second kappa shape index (κ2) is 19.1. The van der Waals surface area contributed by atoms with Crippen LogP contribution in [0.25, 0.3) is 11.1 Å². The van der Waals surface area contributed by atoms with Crippen molar-refractivity contribution in [2.75, 3.05) is 14.1 Å². The minimum atomic E-state index is -1.52. The number of guanidine groups is 2. The minimum absolute atomic E-state index is 0.0788. The van der Waals surface area contributed by atoms with E-state index in [2.05, 4.69) is 101 Å². The zero-order valence-corrected chi connectivity index (χ0v) is 43.3. The average molecular weight is 1080 g/mol. The van der Waals surface area contributed by atoms with Crippen LogP contribution in [0.5, 0.6) is 0 Å². The molecule has 0 fully saturated rings. The topological polar surface area (TPSA) is 142 Å². The van der Waals surface area contributed by atoms with Gasteiger partial charge in [-0.1, -0.05) is 129 Å². The second-order valence-electron chi connectivity index (χ2n) is 19.3. The highest BCUT2D eigenvalue weighted by molar-refractivity contribution is 9.10. The number of nitrogens with zero attached hydrogens (tertiary/aromatic N) is 4. The molecular weight excluding hydrogens is 1030 g/mol. The van der Waals surface area contributed by atoms with E-state index in [0.717, 1.165) is 90.9 Å². The van der Waals surface area contributed by atoms with Gasteiger partial charge in [0.2, 0.25) is 23.4 Å². The molecule has 6 aromatic carbocycles. The summed E-state index contributed by atoms with van der Waals surface area (Å²) in [7, 11) is 2.17. The van der Waals surface area contributed by atoms with Crippen molar-refractivity contribution in [3.63, 3.8) is 0 Å². The van der Waals surface area contributed by atoms with Crippen molar-refractivity contribution in [1.82, 2.24) is 10.1 Å². The summed E-state index contributed by atoms with van der Waals surface area (Å²) in [5.74, 6) is 0.874. The van der Waals surface area contributed by atoms with Gasteiger partial charge < -0.3 is 21.5 Å². The molecule has 4 aliphatic carbocycles. The highest BCUT2D eigenvalue weighted by Crippen LogP contribution is 2.62. The van der Waals surface area contributed by atoms with Crippen LogP contribution in [0.2, 0.25) is 20.1 Å². The molecule has 10 nitrogen and oxygen atoms in total. The lowest BCUT2D eigenvalue weighted by Gasteiger charge is -2.40. The molecule has 6 N–H and O–H groups in total. The largest absolute Gasteiger partial charge is 0.488 e. The monoisotopic (exact) mass is 1080 g/mol. The third-order valence-electron chi connectivity index (χ3n) is 15.2. The number of aliphatic imine (C=N–C) groups is 2. The quantitative estimate of drug-likeness (QED) is 0.126. The first kappa shape index (κ1) is 49.0. The molecule has 0 amide bonds. The molecule has 2 aliphatic heterocycles. The van der Waals surface area contributed by atoms with E-state index < -0.39 is 18.6 Å². The number of nitrogens with two attached hydrogens (primary N) is 2. The highest BCUT2D eigenvalue weighted by Gasteiger charge is 2.64. The Morgan fingerprint density at radius 1 is 0.529 bits per heavy atom. The van der Waals surface area contributed by atoms with Crippen molar-refractivity contribution in [1.29, 1.82) is 0 Å². The van der Waals surface area contributed by atoms with Crippen LogP contribution in [0.15, 0.2) is 136 Å². The summed E-state index contributed by atoms with van der Waals surface area (Å²) < 4.78 is 1.05. The van der Waals surface area contributed by atoms with Crippen LogP contribution in [-0.4, -0.2) is 53.3 Å². The molecule has 4 spiro atoms. The van der Waals surface area contributed by atoms with Gasteiger partial charge >= 0.3 is 7.12 Å². The van der Waals surface area contributed by atoms with E-state index in [4.69, 9.17) is 87.6 Å². The Hall–Kier alpha value is -4.60. The fourth-order valence-corrected chi connectivity index (χ4v) is 13.2. The van der Waals surface area contributed by atoms with Gasteiger partial charge in [-0.25, -0.2) is 29.8 Å². The van der Waals surface area contributed by atoms with E-state index in [9.17, 15) is 0 Å². The molecule has 2 heterocycles. The van der Waals surface area contributed by atoms with Gasteiger partial charge in [0.05, 0.1) is 0 Å². The van der Waals surface area contributed by atoms with Crippen molar-refractivity contribution in [3.8, 4) is 11.1 Å². The molecule has 0 saturated heterocycles. The van der Waals surface area contributed by atoms with Crippen molar-refractivity contribution in [2.24, 2.45) is 32.3 Å². The molecule has 0 bridgehead atoms. The predicted molar refractivity (Wildman–Crippen MR) is 285 cm³/mol. The number of halogens is 5. The number of rotatable bonds is 2. The zero-order chi connectivity index (χ0) is 49.2. The van der Waals surface area contributed by atoms with E-state index in [1.54, 1.807) is 16.2 Å². The van der Waals surface area contributed by atoms with Gasteiger partial charge in [0.1, 0.15) is 0 Å². The maximum Gasteiger partial charge on any atom is 0.488 e. The molecule has 6 aromatic rings. The highest BCUT2D eigenvalue weighted by atomic mass is 79.9. The molecule has 0 aromatic heterocycles. The first-order chi connectivity index (χ1) is 33.5. The summed E-state index contributed by atoms with van der Waals surface area (Å²) in [6.07, 6.45) is 10.1. The van der Waals surface area contributed by atoms with E-state index in [1.807, 2.05) is 26.2 Å². The Bertz CT molecular complexity index is 2990. The van der Waals surface area contributed by atoms with Crippen LogP contribution in [0.1, 0.15) is 70.2 Å². The van der Waals surface area contributed by atoms with Crippen molar-refractivity contribution < 1.29 is 19.7 Å². The van der Waals surface area contributed by atoms with Crippen molar-refractivity contribution in [2.45, 2.75) is 75.7 Å². The maximum atomic E-state index is 8.71. The molecule has 0 radical (unpaired) electrons. The summed E-state index contributed by atoms with van der Waals surface area (Å²) in [4.78, 5) is 23.0. The van der Waals surface area contributed by atoms with Crippen molar-refractivity contribution >= 4 is 86.8 Å². The predicted octanol–water partition coefficient (Wildman–Crippen LogP) is 10.7. The molecule has 2 unspecified atom stereocenters. The smallest absolute Gasteiger partial charge is 0.423 e. The van der Waals surface area contributed by atoms with Gasteiger partial charge in [0.25, 0.3) is 0 Å². The second-order valence-corrected chi connectivity index (χ2v) is 21.9. The number of fused-ring (bicyclic) bond motifs is 8. The van der Waals surface area contributed by atoms with Gasteiger partial charge in [0, 0.05) is 60.6 Å². The third kappa shape index (κ3) is 8.81. The van der Waals surface area contributed by atoms with Crippen LogP contribution in [0.4, 0.5) is 0 Å². The average Bonchev–Trinajstić information content (AvgIpc) is 3.87. The Balaban J connectivity index is 0.000000136. The normalized spacial score (nSPS) is 22.0. The SMILES string of the molecule is CN1OC2(N=C1N)c1cc(-c3cc(Cl)cc(Cl)c3)ccc1CC21CCc2ccccc2CC1.CN1OC2(N=C1N)c1cc(Br)ccc1CC21CCc2ccccc2CC1.OB(O)c1cc(Cl)cc(Cl)c1. The summed E-state index contributed by atoms with van der Waals surface area (Å²) in [6.45, 7) is 0.